The Morgan fingerprint density at radius 2 is 2.33 bits per heavy atom. The van der Waals surface area contributed by atoms with Crippen LogP contribution in [0.15, 0.2) is 4.99 Å². The first-order chi connectivity index (χ1) is 5.76. The summed E-state index contributed by atoms with van der Waals surface area (Å²) < 4.78 is 5.60. The van der Waals surface area contributed by atoms with Gasteiger partial charge >= 0.3 is 0 Å². The normalized spacial score (nSPS) is 26.7. The third kappa shape index (κ3) is 1.35. The summed E-state index contributed by atoms with van der Waals surface area (Å²) in [5, 5.41) is 0. The average molecular weight is 167 g/mol. The summed E-state index contributed by atoms with van der Waals surface area (Å²) in [6, 6.07) is 0. The van der Waals surface area contributed by atoms with E-state index in [1.807, 2.05) is 0 Å². The zero-order chi connectivity index (χ0) is 8.60. The molecule has 0 saturated heterocycles. The number of ether oxygens (including phenoxy) is 1. The van der Waals surface area contributed by atoms with Crippen molar-refractivity contribution in [2.45, 2.75) is 45.1 Å². The molecule has 1 aliphatic heterocycles. The second-order valence-corrected chi connectivity index (χ2v) is 4.15. The summed E-state index contributed by atoms with van der Waals surface area (Å²) in [4.78, 5) is 4.64. The van der Waals surface area contributed by atoms with Crippen molar-refractivity contribution in [3.8, 4) is 0 Å². The summed E-state index contributed by atoms with van der Waals surface area (Å²) in [7, 11) is 0. The molecule has 2 aliphatic rings. The molecule has 0 aromatic carbocycles. The molecule has 0 N–H and O–H groups in total. The van der Waals surface area contributed by atoms with Crippen LogP contribution in [0.3, 0.4) is 0 Å². The lowest BCUT2D eigenvalue weighted by atomic mass is 10.1. The largest absolute Gasteiger partial charge is 0.478 e. The van der Waals surface area contributed by atoms with Crippen molar-refractivity contribution in [2.24, 2.45) is 10.9 Å². The molecule has 12 heavy (non-hydrogen) atoms. The van der Waals surface area contributed by atoms with Crippen molar-refractivity contribution in [3.05, 3.63) is 0 Å². The van der Waals surface area contributed by atoms with Gasteiger partial charge in [0.25, 0.3) is 0 Å². The quantitative estimate of drug-likeness (QED) is 0.632. The van der Waals surface area contributed by atoms with E-state index >= 15 is 0 Å². The van der Waals surface area contributed by atoms with Gasteiger partial charge in [-0.3, -0.25) is 0 Å². The first kappa shape index (κ1) is 8.09. The van der Waals surface area contributed by atoms with Crippen LogP contribution in [0, 0.1) is 5.92 Å². The van der Waals surface area contributed by atoms with Gasteiger partial charge in [0.05, 0.1) is 5.54 Å². The molecule has 0 aromatic rings. The molecule has 1 atom stereocenters. The highest BCUT2D eigenvalue weighted by molar-refractivity contribution is 5.80. The topological polar surface area (TPSA) is 21.6 Å². The molecule has 68 valence electrons. The van der Waals surface area contributed by atoms with E-state index in [2.05, 4.69) is 18.8 Å². The second kappa shape index (κ2) is 2.75. The number of nitrogens with zero attached hydrogens (tertiary/aromatic N) is 1. The molecular weight excluding hydrogens is 150 g/mol. The predicted octanol–water partition coefficient (Wildman–Crippen LogP) is 2.38. The van der Waals surface area contributed by atoms with E-state index in [9.17, 15) is 0 Å². The van der Waals surface area contributed by atoms with Gasteiger partial charge < -0.3 is 4.74 Å². The van der Waals surface area contributed by atoms with E-state index in [0.717, 1.165) is 12.5 Å². The van der Waals surface area contributed by atoms with Crippen molar-refractivity contribution in [1.29, 1.82) is 0 Å². The fourth-order valence-electron chi connectivity index (χ4n) is 1.72. The standard InChI is InChI=1S/C10H17NO/c1-3-4-8(2)9-11-10(5-6-10)7-12-9/h8H,3-7H2,1-2H3. The first-order valence-electron chi connectivity index (χ1n) is 4.98. The third-order valence-corrected chi connectivity index (χ3v) is 2.81. The second-order valence-electron chi connectivity index (χ2n) is 4.15. The average Bonchev–Trinajstić information content (AvgIpc) is 2.62. The molecule has 0 aromatic heterocycles. The highest BCUT2D eigenvalue weighted by Crippen LogP contribution is 2.43. The molecule has 1 saturated carbocycles. The Hall–Kier alpha value is -0.530. The number of aliphatic imine (C=N–C) groups is 1. The highest BCUT2D eigenvalue weighted by atomic mass is 16.5. The van der Waals surface area contributed by atoms with Crippen LogP contribution in [0.4, 0.5) is 0 Å². The van der Waals surface area contributed by atoms with Gasteiger partial charge in [-0.05, 0) is 19.3 Å². The van der Waals surface area contributed by atoms with Crippen LogP contribution in [0.5, 0.6) is 0 Å². The number of hydrogen-bond donors (Lipinski definition) is 0. The van der Waals surface area contributed by atoms with Gasteiger partial charge in [0, 0.05) is 5.92 Å². The minimum absolute atomic E-state index is 0.261. The Balaban J connectivity index is 1.96. The Labute approximate surface area is 74.0 Å². The van der Waals surface area contributed by atoms with E-state index < -0.39 is 0 Å². The summed E-state index contributed by atoms with van der Waals surface area (Å²) in [6.07, 6.45) is 4.91. The van der Waals surface area contributed by atoms with Crippen LogP contribution in [-0.2, 0) is 4.74 Å². The lowest BCUT2D eigenvalue weighted by Crippen LogP contribution is -2.10. The zero-order valence-corrected chi connectivity index (χ0v) is 7.97. The molecule has 0 radical (unpaired) electrons. The fraction of sp³-hybridized carbons (Fsp3) is 0.900. The molecule has 1 unspecified atom stereocenters. The number of hydrogen-bond acceptors (Lipinski definition) is 2. The van der Waals surface area contributed by atoms with Gasteiger partial charge in [-0.2, -0.15) is 0 Å². The van der Waals surface area contributed by atoms with Crippen LogP contribution in [-0.4, -0.2) is 18.0 Å². The van der Waals surface area contributed by atoms with E-state index in [1.54, 1.807) is 0 Å². The maximum atomic E-state index is 5.60. The summed E-state index contributed by atoms with van der Waals surface area (Å²) >= 11 is 0. The summed E-state index contributed by atoms with van der Waals surface area (Å²) in [6.45, 7) is 5.28. The Morgan fingerprint density at radius 1 is 1.58 bits per heavy atom. The minimum atomic E-state index is 0.261. The van der Waals surface area contributed by atoms with Crippen LogP contribution >= 0.6 is 0 Å². The van der Waals surface area contributed by atoms with Crippen LogP contribution in [0.1, 0.15) is 39.5 Å². The molecule has 2 rings (SSSR count). The van der Waals surface area contributed by atoms with Crippen LogP contribution in [0.25, 0.3) is 0 Å². The third-order valence-electron chi connectivity index (χ3n) is 2.81. The van der Waals surface area contributed by atoms with Crippen molar-refractivity contribution in [3.63, 3.8) is 0 Å². The first-order valence-corrected chi connectivity index (χ1v) is 4.98. The van der Waals surface area contributed by atoms with E-state index in [4.69, 9.17) is 4.74 Å². The van der Waals surface area contributed by atoms with Crippen molar-refractivity contribution in [1.82, 2.24) is 0 Å². The molecule has 1 fully saturated rings. The summed E-state index contributed by atoms with van der Waals surface area (Å²) in [5.41, 5.74) is 0.261. The minimum Gasteiger partial charge on any atom is -0.478 e. The van der Waals surface area contributed by atoms with Gasteiger partial charge in [0.1, 0.15) is 6.61 Å². The maximum Gasteiger partial charge on any atom is 0.186 e. The molecule has 1 aliphatic carbocycles. The molecule has 2 nitrogen and oxygen atoms in total. The molecule has 0 amide bonds. The van der Waals surface area contributed by atoms with Gasteiger partial charge in [0.15, 0.2) is 5.90 Å². The summed E-state index contributed by atoms with van der Waals surface area (Å²) in [5.74, 6) is 1.56. The molecule has 2 heteroatoms. The van der Waals surface area contributed by atoms with Crippen LogP contribution in [0.2, 0.25) is 0 Å². The SMILES string of the molecule is CCCC(C)C1=NC2(CC2)CO1. The Morgan fingerprint density at radius 3 is 2.83 bits per heavy atom. The zero-order valence-electron chi connectivity index (χ0n) is 7.97. The smallest absolute Gasteiger partial charge is 0.186 e. The Kier molecular flexibility index (Phi) is 1.85. The van der Waals surface area contributed by atoms with Crippen LogP contribution < -0.4 is 0 Å². The maximum absolute atomic E-state index is 5.60. The van der Waals surface area contributed by atoms with Crippen molar-refractivity contribution < 1.29 is 4.74 Å². The van der Waals surface area contributed by atoms with Crippen molar-refractivity contribution in [2.75, 3.05) is 6.61 Å². The van der Waals surface area contributed by atoms with Gasteiger partial charge in [-0.15, -0.1) is 0 Å². The van der Waals surface area contributed by atoms with Gasteiger partial charge in [0.2, 0.25) is 0 Å². The monoisotopic (exact) mass is 167 g/mol. The molecule has 1 spiro atoms. The molecule has 0 bridgehead atoms. The van der Waals surface area contributed by atoms with E-state index in [0.29, 0.717) is 5.92 Å². The van der Waals surface area contributed by atoms with Gasteiger partial charge in [-0.25, -0.2) is 4.99 Å². The number of rotatable bonds is 3. The highest BCUT2D eigenvalue weighted by Gasteiger charge is 2.48. The lowest BCUT2D eigenvalue weighted by Gasteiger charge is -2.08. The van der Waals surface area contributed by atoms with E-state index in [-0.39, 0.29) is 5.54 Å². The molecule has 1 heterocycles. The fourth-order valence-corrected chi connectivity index (χ4v) is 1.72. The Bertz CT molecular complexity index is 206. The molecular formula is C10H17NO. The lowest BCUT2D eigenvalue weighted by molar-refractivity contribution is 0.291. The van der Waals surface area contributed by atoms with E-state index in [1.165, 1.54) is 25.7 Å². The van der Waals surface area contributed by atoms with Crippen molar-refractivity contribution >= 4 is 5.90 Å². The van der Waals surface area contributed by atoms with Gasteiger partial charge in [-0.1, -0.05) is 20.3 Å². The predicted molar refractivity (Wildman–Crippen MR) is 49.4 cm³/mol.